The van der Waals surface area contributed by atoms with Crippen LogP contribution in [0.15, 0.2) is 47.1 Å². The number of halogens is 1. The molecular weight excluding hydrogens is 318 g/mol. The van der Waals surface area contributed by atoms with Gasteiger partial charge < -0.3 is 10.2 Å². The Labute approximate surface area is 127 Å². The molecule has 0 aliphatic heterocycles. The zero-order valence-corrected chi connectivity index (χ0v) is 13.0. The molecular formula is C15H16BrN3O. The molecule has 104 valence electrons. The lowest BCUT2D eigenvalue weighted by Gasteiger charge is -2.16. The van der Waals surface area contributed by atoms with Crippen LogP contribution in [0.4, 0.5) is 11.5 Å². The van der Waals surface area contributed by atoms with E-state index in [9.17, 15) is 4.79 Å². The van der Waals surface area contributed by atoms with E-state index in [-0.39, 0.29) is 5.91 Å². The number of pyridine rings is 1. The van der Waals surface area contributed by atoms with Gasteiger partial charge in [-0.2, -0.15) is 0 Å². The molecule has 1 heterocycles. The maximum Gasteiger partial charge on any atom is 0.228 e. The number of nitrogens with zero attached hydrogens (tertiary/aromatic N) is 2. The summed E-state index contributed by atoms with van der Waals surface area (Å²) in [5.41, 5.74) is 1.68. The Bertz CT molecular complexity index is 614. The van der Waals surface area contributed by atoms with Crippen LogP contribution < -0.4 is 10.2 Å². The van der Waals surface area contributed by atoms with Gasteiger partial charge >= 0.3 is 0 Å². The predicted molar refractivity (Wildman–Crippen MR) is 85.0 cm³/mol. The first-order chi connectivity index (χ1) is 9.56. The Morgan fingerprint density at radius 3 is 2.80 bits per heavy atom. The molecule has 0 atom stereocenters. The summed E-state index contributed by atoms with van der Waals surface area (Å²) in [6, 6.07) is 11.4. The zero-order chi connectivity index (χ0) is 14.5. The topological polar surface area (TPSA) is 45.2 Å². The monoisotopic (exact) mass is 333 g/mol. The number of carbonyl (C=O) groups excluding carboxylic acids is 1. The highest BCUT2D eigenvalue weighted by molar-refractivity contribution is 9.10. The number of hydrogen-bond donors (Lipinski definition) is 1. The van der Waals surface area contributed by atoms with Crippen LogP contribution in [0.1, 0.15) is 5.56 Å². The third-order valence-electron chi connectivity index (χ3n) is 2.74. The fraction of sp³-hybridized carbons (Fsp3) is 0.200. The lowest BCUT2D eigenvalue weighted by Crippen LogP contribution is -2.19. The van der Waals surface area contributed by atoms with Gasteiger partial charge in [0, 0.05) is 24.8 Å². The van der Waals surface area contributed by atoms with Crippen LogP contribution >= 0.6 is 15.9 Å². The summed E-state index contributed by atoms with van der Waals surface area (Å²) in [5.74, 6) is 0.689. The summed E-state index contributed by atoms with van der Waals surface area (Å²) in [7, 11) is 3.79. The van der Waals surface area contributed by atoms with Crippen molar-refractivity contribution in [3.63, 3.8) is 0 Å². The van der Waals surface area contributed by atoms with Crippen LogP contribution in [0.25, 0.3) is 0 Å². The van der Waals surface area contributed by atoms with Crippen LogP contribution in [0.5, 0.6) is 0 Å². The fourth-order valence-corrected chi connectivity index (χ4v) is 2.32. The van der Waals surface area contributed by atoms with Crippen LogP contribution in [-0.4, -0.2) is 25.0 Å². The molecule has 4 nitrogen and oxygen atoms in total. The third kappa shape index (κ3) is 3.81. The van der Waals surface area contributed by atoms with E-state index in [2.05, 4.69) is 26.2 Å². The maximum absolute atomic E-state index is 12.1. The first kappa shape index (κ1) is 14.5. The van der Waals surface area contributed by atoms with Crippen molar-refractivity contribution in [2.24, 2.45) is 0 Å². The summed E-state index contributed by atoms with van der Waals surface area (Å²) < 4.78 is 0.971. The lowest BCUT2D eigenvalue weighted by molar-refractivity contribution is -0.115. The molecule has 0 aliphatic carbocycles. The zero-order valence-electron chi connectivity index (χ0n) is 11.4. The molecule has 0 bridgehead atoms. The molecule has 1 aromatic heterocycles. The molecule has 0 saturated heterocycles. The Hall–Kier alpha value is -1.88. The smallest absolute Gasteiger partial charge is 0.228 e. The standard InChI is InChI=1S/C15H16BrN3O/c1-19(2)15-13(7-4-8-17-15)18-14(20)10-11-5-3-6-12(16)9-11/h3-9H,10H2,1-2H3,(H,18,20). The van der Waals surface area contributed by atoms with Gasteiger partial charge in [-0.3, -0.25) is 4.79 Å². The number of amides is 1. The SMILES string of the molecule is CN(C)c1ncccc1NC(=O)Cc1cccc(Br)c1. The Morgan fingerprint density at radius 1 is 1.30 bits per heavy atom. The minimum atomic E-state index is -0.0563. The van der Waals surface area contributed by atoms with Crippen LogP contribution in [0, 0.1) is 0 Å². The summed E-state index contributed by atoms with van der Waals surface area (Å²) in [4.78, 5) is 18.2. The van der Waals surface area contributed by atoms with Crippen molar-refractivity contribution in [2.75, 3.05) is 24.3 Å². The number of rotatable bonds is 4. The highest BCUT2D eigenvalue weighted by Gasteiger charge is 2.09. The number of anilines is 2. The molecule has 0 unspecified atom stereocenters. The summed E-state index contributed by atoms with van der Waals surface area (Å²) >= 11 is 3.40. The summed E-state index contributed by atoms with van der Waals surface area (Å²) in [6.07, 6.45) is 2.04. The van der Waals surface area contributed by atoms with Crippen LogP contribution in [-0.2, 0) is 11.2 Å². The lowest BCUT2D eigenvalue weighted by atomic mass is 10.1. The number of nitrogens with one attached hydrogen (secondary N) is 1. The van der Waals surface area contributed by atoms with E-state index >= 15 is 0 Å². The van der Waals surface area contributed by atoms with E-state index < -0.39 is 0 Å². The second-order valence-corrected chi connectivity index (χ2v) is 5.54. The molecule has 0 spiro atoms. The molecule has 20 heavy (non-hydrogen) atoms. The van der Waals surface area contributed by atoms with E-state index in [0.29, 0.717) is 6.42 Å². The third-order valence-corrected chi connectivity index (χ3v) is 3.23. The second kappa shape index (κ2) is 6.52. The summed E-state index contributed by atoms with van der Waals surface area (Å²) in [5, 5.41) is 2.90. The minimum Gasteiger partial charge on any atom is -0.361 e. The number of benzene rings is 1. The first-order valence-electron chi connectivity index (χ1n) is 6.23. The Kier molecular flexibility index (Phi) is 4.74. The predicted octanol–water partition coefficient (Wildman–Crippen LogP) is 3.09. The van der Waals surface area contributed by atoms with Crippen molar-refractivity contribution in [1.29, 1.82) is 0 Å². The van der Waals surface area contributed by atoms with Crippen molar-refractivity contribution in [3.05, 3.63) is 52.6 Å². The van der Waals surface area contributed by atoms with Crippen molar-refractivity contribution >= 4 is 33.3 Å². The highest BCUT2D eigenvalue weighted by atomic mass is 79.9. The molecule has 0 fully saturated rings. The van der Waals surface area contributed by atoms with Crippen molar-refractivity contribution in [3.8, 4) is 0 Å². The average Bonchev–Trinajstić information content (AvgIpc) is 2.38. The second-order valence-electron chi connectivity index (χ2n) is 4.62. The fourth-order valence-electron chi connectivity index (χ4n) is 1.88. The normalized spacial score (nSPS) is 10.2. The molecule has 1 amide bonds. The Balaban J connectivity index is 2.09. The van der Waals surface area contributed by atoms with Gasteiger partial charge in [-0.1, -0.05) is 28.1 Å². The van der Waals surface area contributed by atoms with Gasteiger partial charge in [0.2, 0.25) is 5.91 Å². The quantitative estimate of drug-likeness (QED) is 0.935. The van der Waals surface area contributed by atoms with E-state index in [0.717, 1.165) is 21.5 Å². The van der Waals surface area contributed by atoms with Crippen molar-refractivity contribution < 1.29 is 4.79 Å². The van der Waals surface area contributed by atoms with Crippen LogP contribution in [0.3, 0.4) is 0 Å². The van der Waals surface area contributed by atoms with Crippen molar-refractivity contribution in [1.82, 2.24) is 4.98 Å². The molecule has 1 aromatic carbocycles. The first-order valence-corrected chi connectivity index (χ1v) is 7.02. The van der Waals surface area contributed by atoms with Gasteiger partial charge in [0.15, 0.2) is 5.82 Å². The Morgan fingerprint density at radius 2 is 2.10 bits per heavy atom. The van der Waals surface area contributed by atoms with E-state index in [1.165, 1.54) is 0 Å². The van der Waals surface area contributed by atoms with E-state index in [1.54, 1.807) is 6.20 Å². The number of carbonyl (C=O) groups is 1. The van der Waals surface area contributed by atoms with E-state index in [4.69, 9.17) is 0 Å². The maximum atomic E-state index is 12.1. The van der Waals surface area contributed by atoms with Gasteiger partial charge in [0.25, 0.3) is 0 Å². The van der Waals surface area contributed by atoms with Gasteiger partial charge in [0.05, 0.1) is 12.1 Å². The minimum absolute atomic E-state index is 0.0563. The number of hydrogen-bond acceptors (Lipinski definition) is 3. The summed E-state index contributed by atoms with van der Waals surface area (Å²) in [6.45, 7) is 0. The molecule has 0 saturated carbocycles. The largest absolute Gasteiger partial charge is 0.361 e. The number of aromatic nitrogens is 1. The molecule has 1 N–H and O–H groups in total. The molecule has 0 aliphatic rings. The van der Waals surface area contributed by atoms with Gasteiger partial charge in [-0.15, -0.1) is 0 Å². The molecule has 2 rings (SSSR count). The molecule has 2 aromatic rings. The highest BCUT2D eigenvalue weighted by Crippen LogP contribution is 2.20. The van der Waals surface area contributed by atoms with Gasteiger partial charge in [-0.25, -0.2) is 4.98 Å². The molecule has 5 heteroatoms. The van der Waals surface area contributed by atoms with Gasteiger partial charge in [-0.05, 0) is 29.8 Å². The van der Waals surface area contributed by atoms with Crippen LogP contribution in [0.2, 0.25) is 0 Å². The van der Waals surface area contributed by atoms with Gasteiger partial charge in [0.1, 0.15) is 0 Å². The van der Waals surface area contributed by atoms with Crippen molar-refractivity contribution in [2.45, 2.75) is 6.42 Å². The average molecular weight is 334 g/mol. The molecule has 0 radical (unpaired) electrons. The van der Waals surface area contributed by atoms with E-state index in [1.807, 2.05) is 55.4 Å².